The fraction of sp³-hybridized carbons (Fsp3) is 0.294. The number of rotatable bonds is 5. The number of hydrogen-bond acceptors (Lipinski definition) is 2. The molecule has 2 rings (SSSR count). The molecule has 0 aromatic heterocycles. The zero-order chi connectivity index (χ0) is 15.5. The molecule has 0 aliphatic carbocycles. The van der Waals surface area contributed by atoms with Crippen molar-refractivity contribution in [2.45, 2.75) is 25.5 Å². The molecule has 2 N–H and O–H groups in total. The summed E-state index contributed by atoms with van der Waals surface area (Å²) in [6.45, 7) is 3.78. The molecular formula is C17H19F2NO. The van der Waals surface area contributed by atoms with E-state index in [9.17, 15) is 13.9 Å². The minimum Gasteiger partial charge on any atom is -0.384 e. The molecule has 0 fully saturated rings. The average molecular weight is 291 g/mol. The Labute approximate surface area is 123 Å². The van der Waals surface area contributed by atoms with Gasteiger partial charge in [0.25, 0.3) is 0 Å². The largest absolute Gasteiger partial charge is 0.384 e. The number of benzene rings is 2. The van der Waals surface area contributed by atoms with Gasteiger partial charge in [0.15, 0.2) is 0 Å². The first-order valence-corrected chi connectivity index (χ1v) is 6.86. The van der Waals surface area contributed by atoms with Gasteiger partial charge in [-0.3, -0.25) is 0 Å². The van der Waals surface area contributed by atoms with E-state index in [2.05, 4.69) is 5.32 Å². The highest BCUT2D eigenvalue weighted by molar-refractivity contribution is 5.23. The normalized spacial score (nSPS) is 15.5. The topological polar surface area (TPSA) is 32.3 Å². The number of halogens is 2. The standard InChI is InChI=1S/C17H19F2NO/c1-12(13-8-15(18)10-16(19)9-13)20-11-17(2,21)14-6-4-3-5-7-14/h3-10,12,20-21H,11H2,1-2H3. The van der Waals surface area contributed by atoms with Crippen LogP contribution < -0.4 is 5.32 Å². The van der Waals surface area contributed by atoms with Crippen molar-refractivity contribution in [1.29, 1.82) is 0 Å². The zero-order valence-corrected chi connectivity index (χ0v) is 12.1. The number of nitrogens with one attached hydrogen (secondary N) is 1. The van der Waals surface area contributed by atoms with E-state index < -0.39 is 17.2 Å². The van der Waals surface area contributed by atoms with Gasteiger partial charge in [-0.1, -0.05) is 30.3 Å². The Balaban J connectivity index is 2.05. The second-order valence-corrected chi connectivity index (χ2v) is 5.45. The van der Waals surface area contributed by atoms with Crippen molar-refractivity contribution in [2.75, 3.05) is 6.54 Å². The first kappa shape index (κ1) is 15.6. The Kier molecular flexibility index (Phi) is 4.70. The Morgan fingerprint density at radius 3 is 2.24 bits per heavy atom. The summed E-state index contributed by atoms with van der Waals surface area (Å²) in [6.07, 6.45) is 0. The molecular weight excluding hydrogens is 272 g/mol. The van der Waals surface area contributed by atoms with Crippen LogP contribution >= 0.6 is 0 Å². The highest BCUT2D eigenvalue weighted by atomic mass is 19.1. The molecule has 4 heteroatoms. The summed E-state index contributed by atoms with van der Waals surface area (Å²) in [5, 5.41) is 13.6. The van der Waals surface area contributed by atoms with Crippen LogP contribution in [0.25, 0.3) is 0 Å². The molecule has 0 spiro atoms. The molecule has 0 saturated heterocycles. The molecule has 0 saturated carbocycles. The first-order chi connectivity index (χ1) is 9.88. The summed E-state index contributed by atoms with van der Waals surface area (Å²) < 4.78 is 26.4. The van der Waals surface area contributed by atoms with E-state index in [1.807, 2.05) is 30.3 Å². The van der Waals surface area contributed by atoms with E-state index in [-0.39, 0.29) is 12.6 Å². The second-order valence-electron chi connectivity index (χ2n) is 5.45. The van der Waals surface area contributed by atoms with Gasteiger partial charge in [0.2, 0.25) is 0 Å². The van der Waals surface area contributed by atoms with Gasteiger partial charge in [0.05, 0.1) is 5.60 Å². The number of aliphatic hydroxyl groups is 1. The quantitative estimate of drug-likeness (QED) is 0.883. The summed E-state index contributed by atoms with van der Waals surface area (Å²) >= 11 is 0. The van der Waals surface area contributed by atoms with Crippen molar-refractivity contribution >= 4 is 0 Å². The Morgan fingerprint density at radius 1 is 1.10 bits per heavy atom. The van der Waals surface area contributed by atoms with Crippen LogP contribution in [0.4, 0.5) is 8.78 Å². The van der Waals surface area contributed by atoms with Crippen LogP contribution in [0.5, 0.6) is 0 Å². The SMILES string of the molecule is CC(NCC(C)(O)c1ccccc1)c1cc(F)cc(F)c1. The highest BCUT2D eigenvalue weighted by Crippen LogP contribution is 2.21. The van der Waals surface area contributed by atoms with Gasteiger partial charge in [0.1, 0.15) is 11.6 Å². The van der Waals surface area contributed by atoms with Crippen LogP contribution in [-0.2, 0) is 5.60 Å². The van der Waals surface area contributed by atoms with Crippen LogP contribution in [0.3, 0.4) is 0 Å². The average Bonchev–Trinajstić information content (AvgIpc) is 2.45. The fourth-order valence-corrected chi connectivity index (χ4v) is 2.19. The summed E-state index contributed by atoms with van der Waals surface area (Å²) in [5.41, 5.74) is 0.243. The summed E-state index contributed by atoms with van der Waals surface area (Å²) in [4.78, 5) is 0. The van der Waals surface area contributed by atoms with Crippen LogP contribution in [0.1, 0.15) is 31.0 Å². The van der Waals surface area contributed by atoms with E-state index in [0.29, 0.717) is 5.56 Å². The van der Waals surface area contributed by atoms with E-state index in [1.165, 1.54) is 12.1 Å². The molecule has 0 aliphatic rings. The van der Waals surface area contributed by atoms with E-state index in [0.717, 1.165) is 11.6 Å². The van der Waals surface area contributed by atoms with E-state index in [4.69, 9.17) is 0 Å². The maximum absolute atomic E-state index is 13.2. The minimum absolute atomic E-state index is 0.273. The first-order valence-electron chi connectivity index (χ1n) is 6.86. The van der Waals surface area contributed by atoms with Crippen molar-refractivity contribution in [2.24, 2.45) is 0 Å². The predicted molar refractivity (Wildman–Crippen MR) is 78.8 cm³/mol. The van der Waals surface area contributed by atoms with Gasteiger partial charge >= 0.3 is 0 Å². The van der Waals surface area contributed by atoms with Gasteiger partial charge in [0, 0.05) is 18.7 Å². The van der Waals surface area contributed by atoms with Crippen LogP contribution in [0.2, 0.25) is 0 Å². The van der Waals surface area contributed by atoms with Crippen molar-refractivity contribution in [1.82, 2.24) is 5.32 Å². The highest BCUT2D eigenvalue weighted by Gasteiger charge is 2.23. The lowest BCUT2D eigenvalue weighted by Gasteiger charge is -2.26. The van der Waals surface area contributed by atoms with Gasteiger partial charge in [-0.25, -0.2) is 8.78 Å². The molecule has 21 heavy (non-hydrogen) atoms. The van der Waals surface area contributed by atoms with Crippen molar-refractivity contribution in [3.05, 3.63) is 71.3 Å². The van der Waals surface area contributed by atoms with Crippen molar-refractivity contribution in [3.8, 4) is 0 Å². The third kappa shape index (κ3) is 4.09. The lowest BCUT2D eigenvalue weighted by Crippen LogP contribution is -2.36. The van der Waals surface area contributed by atoms with E-state index in [1.54, 1.807) is 13.8 Å². The smallest absolute Gasteiger partial charge is 0.126 e. The van der Waals surface area contributed by atoms with E-state index >= 15 is 0 Å². The fourth-order valence-electron chi connectivity index (χ4n) is 2.19. The molecule has 0 bridgehead atoms. The lowest BCUT2D eigenvalue weighted by atomic mass is 9.95. The van der Waals surface area contributed by atoms with Gasteiger partial charge < -0.3 is 10.4 Å². The third-order valence-corrected chi connectivity index (χ3v) is 3.53. The molecule has 0 amide bonds. The van der Waals surface area contributed by atoms with Gasteiger partial charge in [-0.2, -0.15) is 0 Å². The molecule has 2 aromatic rings. The third-order valence-electron chi connectivity index (χ3n) is 3.53. The van der Waals surface area contributed by atoms with Crippen LogP contribution in [0.15, 0.2) is 48.5 Å². The molecule has 0 radical (unpaired) electrons. The second kappa shape index (κ2) is 6.33. The Hall–Kier alpha value is -1.78. The monoisotopic (exact) mass is 291 g/mol. The number of hydrogen-bond donors (Lipinski definition) is 2. The molecule has 2 nitrogen and oxygen atoms in total. The van der Waals surface area contributed by atoms with Crippen LogP contribution in [0, 0.1) is 11.6 Å². The van der Waals surface area contributed by atoms with Crippen LogP contribution in [-0.4, -0.2) is 11.7 Å². The summed E-state index contributed by atoms with van der Waals surface area (Å²) in [6, 6.07) is 12.4. The molecule has 2 aromatic carbocycles. The lowest BCUT2D eigenvalue weighted by molar-refractivity contribution is 0.0543. The van der Waals surface area contributed by atoms with Crippen molar-refractivity contribution < 1.29 is 13.9 Å². The predicted octanol–water partition coefficient (Wildman–Crippen LogP) is 3.52. The molecule has 2 unspecified atom stereocenters. The minimum atomic E-state index is -1.05. The zero-order valence-electron chi connectivity index (χ0n) is 12.1. The maximum Gasteiger partial charge on any atom is 0.126 e. The Bertz CT molecular complexity index is 579. The molecule has 2 atom stereocenters. The molecule has 112 valence electrons. The van der Waals surface area contributed by atoms with Gasteiger partial charge in [-0.05, 0) is 37.1 Å². The summed E-state index contributed by atoms with van der Waals surface area (Å²) in [5.74, 6) is -1.21. The summed E-state index contributed by atoms with van der Waals surface area (Å²) in [7, 11) is 0. The van der Waals surface area contributed by atoms with Gasteiger partial charge in [-0.15, -0.1) is 0 Å². The Morgan fingerprint density at radius 2 is 1.67 bits per heavy atom. The molecule has 0 aliphatic heterocycles. The maximum atomic E-state index is 13.2. The molecule has 0 heterocycles. The van der Waals surface area contributed by atoms with Crippen molar-refractivity contribution in [3.63, 3.8) is 0 Å².